The summed E-state index contributed by atoms with van der Waals surface area (Å²) in [6, 6.07) is 7.88. The highest BCUT2D eigenvalue weighted by atomic mass is 16.6. The molecule has 22 heavy (non-hydrogen) atoms. The highest BCUT2D eigenvalue weighted by Crippen LogP contribution is 2.40. The minimum absolute atomic E-state index is 0.179. The van der Waals surface area contributed by atoms with Crippen LogP contribution in [0.2, 0.25) is 0 Å². The molecule has 1 heterocycles. The van der Waals surface area contributed by atoms with E-state index in [-0.39, 0.29) is 10.6 Å². The molecule has 0 aromatic heterocycles. The van der Waals surface area contributed by atoms with Crippen molar-refractivity contribution >= 4 is 11.3 Å². The second kappa shape index (κ2) is 5.21. The summed E-state index contributed by atoms with van der Waals surface area (Å²) in [5, 5.41) is 14.9. The number of nitrogens with one attached hydrogen (secondary N) is 1. The molecule has 1 aromatic carbocycles. The van der Waals surface area contributed by atoms with Gasteiger partial charge in [0.25, 0.3) is 5.69 Å². The molecule has 112 valence electrons. The first-order valence-corrected chi connectivity index (χ1v) is 7.80. The Kier molecular flexibility index (Phi) is 3.19. The number of nitro benzene ring substituents is 1. The first-order chi connectivity index (χ1) is 10.7. The zero-order valence-electron chi connectivity index (χ0n) is 12.2. The molecule has 0 bridgehead atoms. The van der Waals surface area contributed by atoms with E-state index in [0.29, 0.717) is 29.5 Å². The number of nitro groups is 1. The first kappa shape index (κ1) is 13.5. The molecule has 2 aliphatic carbocycles. The van der Waals surface area contributed by atoms with E-state index in [1.54, 1.807) is 12.1 Å². The molecule has 0 spiro atoms. The Balaban J connectivity index is 1.73. The molecule has 4 atom stereocenters. The summed E-state index contributed by atoms with van der Waals surface area (Å²) in [5.41, 5.74) is 1.86. The molecule has 4 rings (SSSR count). The van der Waals surface area contributed by atoms with Gasteiger partial charge in [0.15, 0.2) is 0 Å². The molecular weight excluding hydrogens is 276 g/mol. The van der Waals surface area contributed by atoms with Crippen LogP contribution >= 0.6 is 0 Å². The van der Waals surface area contributed by atoms with Gasteiger partial charge in [-0.05, 0) is 24.5 Å². The number of benzene rings is 1. The van der Waals surface area contributed by atoms with Crippen molar-refractivity contribution in [2.24, 2.45) is 11.8 Å². The average Bonchev–Trinajstić information content (AvgIpc) is 2.92. The van der Waals surface area contributed by atoms with Crippen LogP contribution in [-0.4, -0.2) is 17.0 Å². The number of nitrogens with zero attached hydrogens (tertiary/aromatic N) is 1. The molecule has 4 nitrogen and oxygen atoms in total. The number of fused-ring (bicyclic) bond motifs is 3. The third-order valence-electron chi connectivity index (χ3n) is 5.00. The van der Waals surface area contributed by atoms with Gasteiger partial charge >= 0.3 is 0 Å². The van der Waals surface area contributed by atoms with E-state index in [2.05, 4.69) is 29.6 Å². The van der Waals surface area contributed by atoms with E-state index >= 15 is 0 Å². The van der Waals surface area contributed by atoms with E-state index in [4.69, 9.17) is 0 Å². The van der Waals surface area contributed by atoms with Gasteiger partial charge in [0.05, 0.1) is 10.5 Å². The van der Waals surface area contributed by atoms with Crippen LogP contribution in [0.1, 0.15) is 18.4 Å². The number of allylic oxidation sites excluding steroid dienone is 3. The lowest BCUT2D eigenvalue weighted by Gasteiger charge is -2.24. The number of rotatable bonds is 2. The average molecular weight is 294 g/mol. The van der Waals surface area contributed by atoms with Crippen molar-refractivity contribution in [3.05, 3.63) is 70.3 Å². The fraction of sp³-hybridized carbons (Fsp3) is 0.333. The lowest BCUT2D eigenvalue weighted by molar-refractivity contribution is -0.385. The van der Waals surface area contributed by atoms with E-state index in [9.17, 15) is 10.1 Å². The van der Waals surface area contributed by atoms with Crippen LogP contribution in [0.5, 0.6) is 0 Å². The molecule has 4 heteroatoms. The van der Waals surface area contributed by atoms with E-state index in [1.807, 2.05) is 18.2 Å². The Morgan fingerprint density at radius 2 is 2.05 bits per heavy atom. The summed E-state index contributed by atoms with van der Waals surface area (Å²) in [6.07, 6.45) is 13.3. The minimum Gasteiger partial charge on any atom is -0.307 e. The summed E-state index contributed by atoms with van der Waals surface area (Å²) in [7, 11) is 0. The SMILES string of the molecule is O=[N+]([O-])c1ccccc1C1=CC2C(C=C1)NC1CCC=CC12. The molecule has 1 aromatic rings. The van der Waals surface area contributed by atoms with E-state index in [0.717, 1.165) is 12.0 Å². The number of para-hydroxylation sites is 1. The maximum absolute atomic E-state index is 11.3. The third-order valence-corrected chi connectivity index (χ3v) is 5.00. The standard InChI is InChI=1S/C18H18N2O2/c21-20(22)18-8-4-2-5-13(18)12-9-10-17-15(11-12)14-6-1-3-7-16(14)19-17/h1-2,4-6,8-11,14-17,19H,3,7H2. The zero-order chi connectivity index (χ0) is 15.1. The summed E-state index contributed by atoms with van der Waals surface area (Å²) >= 11 is 0. The third kappa shape index (κ3) is 2.11. The van der Waals surface area contributed by atoms with Crippen molar-refractivity contribution in [1.82, 2.24) is 5.32 Å². The second-order valence-electron chi connectivity index (χ2n) is 6.21. The van der Waals surface area contributed by atoms with Gasteiger partial charge in [-0.25, -0.2) is 0 Å². The van der Waals surface area contributed by atoms with Gasteiger partial charge in [-0.2, -0.15) is 0 Å². The van der Waals surface area contributed by atoms with Gasteiger partial charge in [0, 0.05) is 30.0 Å². The molecule has 3 aliphatic rings. The van der Waals surface area contributed by atoms with Crippen LogP contribution in [0.3, 0.4) is 0 Å². The topological polar surface area (TPSA) is 55.2 Å². The van der Waals surface area contributed by atoms with Gasteiger partial charge < -0.3 is 5.32 Å². The maximum Gasteiger partial charge on any atom is 0.277 e. The monoisotopic (exact) mass is 294 g/mol. The molecule has 1 N–H and O–H groups in total. The van der Waals surface area contributed by atoms with Crippen LogP contribution in [-0.2, 0) is 0 Å². The number of hydrogen-bond acceptors (Lipinski definition) is 3. The highest BCUT2D eigenvalue weighted by molar-refractivity contribution is 5.80. The van der Waals surface area contributed by atoms with E-state index in [1.165, 1.54) is 6.42 Å². The Labute approximate surface area is 129 Å². The van der Waals surface area contributed by atoms with Crippen LogP contribution in [0.4, 0.5) is 5.69 Å². The van der Waals surface area contributed by atoms with Crippen molar-refractivity contribution in [2.45, 2.75) is 24.9 Å². The Bertz CT molecular complexity index is 705. The first-order valence-electron chi connectivity index (χ1n) is 7.80. The van der Waals surface area contributed by atoms with Crippen LogP contribution < -0.4 is 5.32 Å². The Hall–Kier alpha value is -2.20. The van der Waals surface area contributed by atoms with E-state index < -0.39 is 0 Å². The van der Waals surface area contributed by atoms with Crippen LogP contribution in [0, 0.1) is 22.0 Å². The fourth-order valence-corrected chi connectivity index (χ4v) is 3.97. The predicted molar refractivity (Wildman–Crippen MR) is 86.3 cm³/mol. The van der Waals surface area contributed by atoms with Gasteiger partial charge in [0.2, 0.25) is 0 Å². The van der Waals surface area contributed by atoms with Gasteiger partial charge in [-0.15, -0.1) is 0 Å². The van der Waals surface area contributed by atoms with Crippen molar-refractivity contribution in [3.63, 3.8) is 0 Å². The highest BCUT2D eigenvalue weighted by Gasteiger charge is 2.41. The molecular formula is C18H18N2O2. The van der Waals surface area contributed by atoms with Crippen molar-refractivity contribution in [1.29, 1.82) is 0 Å². The quantitative estimate of drug-likeness (QED) is 0.516. The maximum atomic E-state index is 11.3. The summed E-state index contributed by atoms with van der Waals surface area (Å²) in [5.74, 6) is 0.892. The van der Waals surface area contributed by atoms with Gasteiger partial charge in [-0.3, -0.25) is 10.1 Å². The summed E-state index contributed by atoms with van der Waals surface area (Å²) < 4.78 is 0. The Morgan fingerprint density at radius 1 is 1.18 bits per heavy atom. The molecule has 0 saturated carbocycles. The lowest BCUT2D eigenvalue weighted by Crippen LogP contribution is -2.31. The van der Waals surface area contributed by atoms with Gasteiger partial charge in [-0.1, -0.05) is 42.5 Å². The van der Waals surface area contributed by atoms with Crippen LogP contribution in [0.15, 0.2) is 54.6 Å². The largest absolute Gasteiger partial charge is 0.307 e. The smallest absolute Gasteiger partial charge is 0.277 e. The molecule has 1 fully saturated rings. The second-order valence-corrected chi connectivity index (χ2v) is 6.21. The fourth-order valence-electron chi connectivity index (χ4n) is 3.97. The van der Waals surface area contributed by atoms with Gasteiger partial charge in [0.1, 0.15) is 0 Å². The number of hydrogen-bond donors (Lipinski definition) is 1. The molecule has 1 aliphatic heterocycles. The molecule has 0 amide bonds. The van der Waals surface area contributed by atoms with Crippen molar-refractivity contribution in [2.75, 3.05) is 0 Å². The minimum atomic E-state index is -0.299. The van der Waals surface area contributed by atoms with Crippen LogP contribution in [0.25, 0.3) is 5.57 Å². The summed E-state index contributed by atoms with van der Waals surface area (Å²) in [4.78, 5) is 11.0. The predicted octanol–water partition coefficient (Wildman–Crippen LogP) is 3.47. The van der Waals surface area contributed by atoms with Crippen molar-refractivity contribution in [3.8, 4) is 0 Å². The molecule has 1 saturated heterocycles. The molecule has 4 unspecified atom stereocenters. The zero-order valence-corrected chi connectivity index (χ0v) is 12.2. The summed E-state index contributed by atoms with van der Waals surface area (Å²) in [6.45, 7) is 0. The molecule has 0 radical (unpaired) electrons. The lowest BCUT2D eigenvalue weighted by atomic mass is 9.79. The van der Waals surface area contributed by atoms with Crippen molar-refractivity contribution < 1.29 is 4.92 Å². The normalized spacial score (nSPS) is 32.3. The Morgan fingerprint density at radius 3 is 2.91 bits per heavy atom.